The van der Waals surface area contributed by atoms with Crippen LogP contribution in [0.3, 0.4) is 0 Å². The summed E-state index contributed by atoms with van der Waals surface area (Å²) in [7, 11) is 0. The Bertz CT molecular complexity index is 2630. The van der Waals surface area contributed by atoms with E-state index in [0.29, 0.717) is 60.4 Å². The fraction of sp³-hybridized carbons (Fsp3) is 0.426. The van der Waals surface area contributed by atoms with Crippen LogP contribution in [0.15, 0.2) is 122 Å². The number of hydrogen-bond acceptors (Lipinski definition) is 7. The van der Waals surface area contributed by atoms with E-state index in [9.17, 15) is 4.79 Å². The molecule has 0 saturated heterocycles. The second-order valence-electron chi connectivity index (χ2n) is 20.7. The van der Waals surface area contributed by atoms with Gasteiger partial charge in [0.25, 0.3) is 0 Å². The Balaban J connectivity index is 0.626. The number of pyridine rings is 2. The average Bonchev–Trinajstić information content (AvgIpc) is 4.17. The number of benzene rings is 4. The maximum absolute atomic E-state index is 12.7. The fourth-order valence-electron chi connectivity index (χ4n) is 9.92. The number of aromatic nitrogens is 2. The molecule has 4 fully saturated rings. The highest BCUT2D eigenvalue weighted by Gasteiger charge is 2.49. The monoisotopic (exact) mass is 1010 g/mol. The Morgan fingerprint density at radius 3 is 1.43 bits per heavy atom. The zero-order valence-electron chi connectivity index (χ0n) is 41.8. The molecule has 9 nitrogen and oxygen atoms in total. The highest BCUT2D eigenvalue weighted by molar-refractivity contribution is 6.31. The van der Waals surface area contributed by atoms with Crippen molar-refractivity contribution >= 4 is 29.2 Å². The van der Waals surface area contributed by atoms with Crippen molar-refractivity contribution in [3.05, 3.63) is 165 Å². The molecule has 6 aromatic rings. The van der Waals surface area contributed by atoms with Crippen LogP contribution in [0, 0.1) is 0 Å². The summed E-state index contributed by atoms with van der Waals surface area (Å²) in [6.07, 6.45) is 22.3. The number of hydrogen-bond donors (Lipinski definition) is 2. The van der Waals surface area contributed by atoms with E-state index in [1.54, 1.807) is 0 Å². The third-order valence-electron chi connectivity index (χ3n) is 15.0. The summed E-state index contributed by atoms with van der Waals surface area (Å²) in [6, 6.07) is 33.3. The number of carbonyl (C=O) groups excluding carboxylic acids is 1. The zero-order chi connectivity index (χ0) is 49.5. The van der Waals surface area contributed by atoms with Gasteiger partial charge in [0, 0.05) is 70.2 Å². The number of nitrogens with zero attached hydrogens (tertiary/aromatic N) is 2. The van der Waals surface area contributed by atoms with Gasteiger partial charge in [-0.1, -0.05) is 111 Å². The molecule has 2 N–H and O–H groups in total. The first kappa shape index (κ1) is 50.1. The van der Waals surface area contributed by atoms with E-state index in [4.69, 9.17) is 42.1 Å². The number of nitrogens with one attached hydrogen (secondary N) is 2. The number of carbonyl (C=O) groups is 1. The number of para-hydroxylation sites is 2. The molecule has 2 atom stereocenters. The summed E-state index contributed by atoms with van der Waals surface area (Å²) in [5.41, 5.74) is 10.3. The van der Waals surface area contributed by atoms with Gasteiger partial charge in [-0.05, 0) is 159 Å². The second kappa shape index (κ2) is 22.8. The van der Waals surface area contributed by atoms with Crippen LogP contribution in [0.25, 0.3) is 22.3 Å². The van der Waals surface area contributed by atoms with Gasteiger partial charge in [-0.15, -0.1) is 0 Å². The number of unbranched alkanes of at least 4 members (excludes halogenated alkanes) is 2. The molecule has 0 bridgehead atoms. The number of amides is 2. The van der Waals surface area contributed by atoms with Crippen LogP contribution in [0.4, 0.5) is 4.79 Å². The lowest BCUT2D eigenvalue weighted by molar-refractivity contribution is 0.0172. The number of rotatable bonds is 26. The summed E-state index contributed by atoms with van der Waals surface area (Å²) in [5, 5.41) is 7.55. The number of halogens is 2. The van der Waals surface area contributed by atoms with Gasteiger partial charge in [-0.3, -0.25) is 9.97 Å². The topological polar surface area (TPSA) is 104 Å². The molecular weight excluding hydrogens is 940 g/mol. The molecule has 2 heterocycles. The van der Waals surface area contributed by atoms with Crippen molar-refractivity contribution in [3.8, 4) is 33.8 Å². The van der Waals surface area contributed by atoms with E-state index in [-0.39, 0.29) is 6.03 Å². The summed E-state index contributed by atoms with van der Waals surface area (Å²) < 4.78 is 26.1. The first-order valence-electron chi connectivity index (χ1n) is 26.4. The van der Waals surface area contributed by atoms with Gasteiger partial charge in [0.15, 0.2) is 0 Å². The van der Waals surface area contributed by atoms with Crippen LogP contribution in [0.5, 0.6) is 11.5 Å². The Morgan fingerprint density at radius 2 is 1.01 bits per heavy atom. The van der Waals surface area contributed by atoms with Gasteiger partial charge in [0.2, 0.25) is 0 Å². The Hall–Kier alpha value is -5.45. The minimum absolute atomic E-state index is 0.105. The molecule has 11 heteroatoms. The largest absolute Gasteiger partial charge is 0.490 e. The van der Waals surface area contributed by atoms with Crippen molar-refractivity contribution in [2.75, 3.05) is 13.1 Å². The molecule has 4 saturated carbocycles. The molecular formula is C61H68Cl2N4O5. The highest BCUT2D eigenvalue weighted by Crippen LogP contribution is 2.55. The lowest BCUT2D eigenvalue weighted by atomic mass is 9.94. The molecule has 4 aliphatic carbocycles. The predicted molar refractivity (Wildman–Crippen MR) is 287 cm³/mol. The molecule has 0 aliphatic heterocycles. The van der Waals surface area contributed by atoms with Crippen molar-refractivity contribution in [1.82, 2.24) is 20.6 Å². The third-order valence-corrected chi connectivity index (χ3v) is 15.7. The summed E-state index contributed by atoms with van der Waals surface area (Å²) in [5.74, 6) is 2.53. The van der Waals surface area contributed by atoms with Gasteiger partial charge in [-0.25, -0.2) is 4.79 Å². The SMILES string of the molecule is CC(CCCCNC(=O)NCCCCC(C)c1ccc(Cl)c(COC2(c3cnccc3-c3ccccc3OC3CC3)CC2)c1)c1ccc(Cl)c(COC2(c3cnccc3-c3ccccc3OC3CC3)CC2)c1. The maximum atomic E-state index is 12.7. The van der Waals surface area contributed by atoms with Crippen molar-refractivity contribution in [1.29, 1.82) is 0 Å². The molecule has 0 spiro atoms. The molecule has 376 valence electrons. The Labute approximate surface area is 435 Å². The molecule has 4 aliphatic rings. The van der Waals surface area contributed by atoms with Crippen molar-refractivity contribution in [3.63, 3.8) is 0 Å². The van der Waals surface area contributed by atoms with E-state index in [2.05, 4.69) is 107 Å². The number of ether oxygens (including phenoxy) is 4. The number of urea groups is 1. The van der Waals surface area contributed by atoms with Crippen LogP contribution in [0.2, 0.25) is 10.0 Å². The Kier molecular flexibility index (Phi) is 15.8. The van der Waals surface area contributed by atoms with Gasteiger partial charge < -0.3 is 29.6 Å². The van der Waals surface area contributed by atoms with E-state index >= 15 is 0 Å². The first-order chi connectivity index (χ1) is 35.2. The van der Waals surface area contributed by atoms with Gasteiger partial charge in [0.05, 0.1) is 36.6 Å². The molecule has 0 radical (unpaired) electrons. The van der Waals surface area contributed by atoms with Crippen LogP contribution in [-0.4, -0.2) is 41.3 Å². The second-order valence-corrected chi connectivity index (χ2v) is 21.5. The predicted octanol–water partition coefficient (Wildman–Crippen LogP) is 15.2. The summed E-state index contributed by atoms with van der Waals surface area (Å²) >= 11 is 13.6. The molecule has 2 aromatic heterocycles. The molecule has 72 heavy (non-hydrogen) atoms. The van der Waals surface area contributed by atoms with E-state index in [0.717, 1.165) is 146 Å². The van der Waals surface area contributed by atoms with Crippen molar-refractivity contribution in [2.24, 2.45) is 0 Å². The molecule has 2 amide bonds. The van der Waals surface area contributed by atoms with Crippen molar-refractivity contribution < 1.29 is 23.7 Å². The maximum Gasteiger partial charge on any atom is 0.314 e. The standard InChI is InChI=1S/C61H68Cl2N4O5/c1-41(43-17-23-55(62)45(35-43)39-69-60(27-28-60)53-37-64-33-25-49(53)51-13-3-5-15-57(51)71-47-19-20-47)11-7-9-31-66-59(68)67-32-10-8-12-42(2)44-18-24-56(63)46(36-44)40-70-61(29-30-61)54-38-65-34-26-50(54)52-14-4-6-16-58(52)72-48-21-22-48/h3-6,13-18,23-26,33-38,41-42,47-48H,7-12,19-22,27-32,39-40H2,1-2H3,(H2,66,67,68). The van der Waals surface area contributed by atoms with E-state index < -0.39 is 11.2 Å². The molecule has 4 aromatic carbocycles. The lowest BCUT2D eigenvalue weighted by Crippen LogP contribution is -2.36. The Morgan fingerprint density at radius 1 is 0.583 bits per heavy atom. The van der Waals surface area contributed by atoms with Crippen LogP contribution >= 0.6 is 23.2 Å². The molecule has 10 rings (SSSR count). The van der Waals surface area contributed by atoms with Gasteiger partial charge >= 0.3 is 6.03 Å². The van der Waals surface area contributed by atoms with E-state index in [1.165, 1.54) is 11.1 Å². The summed E-state index contributed by atoms with van der Waals surface area (Å²) in [4.78, 5) is 21.7. The minimum atomic E-state index is -0.396. The summed E-state index contributed by atoms with van der Waals surface area (Å²) in [6.45, 7) is 6.65. The van der Waals surface area contributed by atoms with E-state index in [1.807, 2.05) is 49.1 Å². The third kappa shape index (κ3) is 12.5. The zero-order valence-corrected chi connectivity index (χ0v) is 43.3. The van der Waals surface area contributed by atoms with Crippen LogP contribution in [0.1, 0.15) is 149 Å². The van der Waals surface area contributed by atoms with Crippen LogP contribution in [-0.2, 0) is 33.9 Å². The quantitative estimate of drug-likeness (QED) is 0.0522. The highest BCUT2D eigenvalue weighted by atomic mass is 35.5. The lowest BCUT2D eigenvalue weighted by Gasteiger charge is -2.22. The smallest absolute Gasteiger partial charge is 0.314 e. The van der Waals surface area contributed by atoms with Crippen molar-refractivity contribution in [2.45, 2.75) is 152 Å². The normalized spacial score (nSPS) is 17.2. The van der Waals surface area contributed by atoms with Crippen LogP contribution < -0.4 is 20.1 Å². The average molecular weight is 1010 g/mol. The first-order valence-corrected chi connectivity index (χ1v) is 27.2. The van der Waals surface area contributed by atoms with Gasteiger partial charge in [-0.2, -0.15) is 0 Å². The molecule has 2 unspecified atom stereocenters. The van der Waals surface area contributed by atoms with Gasteiger partial charge in [0.1, 0.15) is 11.5 Å². The minimum Gasteiger partial charge on any atom is -0.490 e. The fourth-order valence-corrected chi connectivity index (χ4v) is 10.3.